The van der Waals surface area contributed by atoms with Crippen molar-refractivity contribution in [2.24, 2.45) is 0 Å². The standard InChI is InChI=1S/C18H25N3O5S/c1-3-4-6-15(21-9-5-10-27(21,24)25)18(23)19-13-7-8-16-14(11-13)20-17(22)12(2)26-16/h7-8,11-12,15H,3-6,9-10H2,1-2H3,(H,19,23)(H,20,22)/t12-,15+/m0/s1. The molecule has 0 unspecified atom stereocenters. The number of nitrogens with zero attached hydrogens (tertiary/aromatic N) is 1. The minimum Gasteiger partial charge on any atom is -0.479 e. The van der Waals surface area contributed by atoms with E-state index in [9.17, 15) is 18.0 Å². The molecule has 1 aromatic carbocycles. The number of anilines is 2. The summed E-state index contributed by atoms with van der Waals surface area (Å²) in [5, 5.41) is 5.52. The highest BCUT2D eigenvalue weighted by Crippen LogP contribution is 2.32. The van der Waals surface area contributed by atoms with Gasteiger partial charge in [0.1, 0.15) is 11.8 Å². The number of fused-ring (bicyclic) bond motifs is 1. The van der Waals surface area contributed by atoms with Crippen LogP contribution in [0.4, 0.5) is 11.4 Å². The van der Waals surface area contributed by atoms with E-state index < -0.39 is 22.2 Å². The molecule has 0 bridgehead atoms. The van der Waals surface area contributed by atoms with Gasteiger partial charge in [-0.2, -0.15) is 4.31 Å². The summed E-state index contributed by atoms with van der Waals surface area (Å²) >= 11 is 0. The number of hydrogen-bond donors (Lipinski definition) is 2. The van der Waals surface area contributed by atoms with E-state index in [-0.39, 0.29) is 17.6 Å². The van der Waals surface area contributed by atoms with Gasteiger partial charge in [-0.3, -0.25) is 9.59 Å². The van der Waals surface area contributed by atoms with E-state index in [1.165, 1.54) is 4.31 Å². The van der Waals surface area contributed by atoms with E-state index >= 15 is 0 Å². The second kappa shape index (κ2) is 7.85. The van der Waals surface area contributed by atoms with Gasteiger partial charge in [-0.05, 0) is 38.0 Å². The number of ether oxygens (including phenoxy) is 1. The molecule has 0 aromatic heterocycles. The highest BCUT2D eigenvalue weighted by atomic mass is 32.2. The van der Waals surface area contributed by atoms with Crippen LogP contribution < -0.4 is 15.4 Å². The van der Waals surface area contributed by atoms with Crippen LogP contribution in [0.25, 0.3) is 0 Å². The van der Waals surface area contributed by atoms with Crippen molar-refractivity contribution in [2.45, 2.75) is 51.7 Å². The molecule has 2 atom stereocenters. The van der Waals surface area contributed by atoms with Gasteiger partial charge in [0.25, 0.3) is 5.91 Å². The maximum Gasteiger partial charge on any atom is 0.265 e. The minimum absolute atomic E-state index is 0.0866. The Morgan fingerprint density at radius 2 is 2.22 bits per heavy atom. The average molecular weight is 395 g/mol. The third kappa shape index (κ3) is 4.24. The van der Waals surface area contributed by atoms with E-state index in [1.54, 1.807) is 25.1 Å². The monoisotopic (exact) mass is 395 g/mol. The molecule has 2 N–H and O–H groups in total. The quantitative estimate of drug-likeness (QED) is 0.766. The molecule has 9 heteroatoms. The predicted molar refractivity (Wildman–Crippen MR) is 102 cm³/mol. The van der Waals surface area contributed by atoms with Crippen molar-refractivity contribution in [2.75, 3.05) is 22.9 Å². The maximum absolute atomic E-state index is 12.8. The number of amides is 2. The molecule has 0 spiro atoms. The minimum atomic E-state index is -3.39. The molecular formula is C18H25N3O5S. The van der Waals surface area contributed by atoms with Crippen molar-refractivity contribution in [3.05, 3.63) is 18.2 Å². The number of sulfonamides is 1. The molecule has 148 valence electrons. The number of unbranched alkanes of at least 4 members (excludes halogenated alkanes) is 1. The number of benzene rings is 1. The molecule has 3 rings (SSSR count). The summed E-state index contributed by atoms with van der Waals surface area (Å²) in [5.74, 6) is 0.00792. The summed E-state index contributed by atoms with van der Waals surface area (Å²) in [7, 11) is -3.39. The van der Waals surface area contributed by atoms with Crippen molar-refractivity contribution in [3.8, 4) is 5.75 Å². The largest absolute Gasteiger partial charge is 0.479 e. The normalized spacial score (nSPS) is 22.4. The van der Waals surface area contributed by atoms with Crippen molar-refractivity contribution in [1.29, 1.82) is 0 Å². The molecule has 1 aromatic rings. The molecule has 0 aliphatic carbocycles. The molecule has 27 heavy (non-hydrogen) atoms. The van der Waals surface area contributed by atoms with Crippen LogP contribution in [0.2, 0.25) is 0 Å². The maximum atomic E-state index is 12.8. The fraction of sp³-hybridized carbons (Fsp3) is 0.556. The second-order valence-electron chi connectivity index (χ2n) is 6.89. The zero-order chi connectivity index (χ0) is 19.6. The van der Waals surface area contributed by atoms with Gasteiger partial charge >= 0.3 is 0 Å². The lowest BCUT2D eigenvalue weighted by Crippen LogP contribution is -2.45. The summed E-state index contributed by atoms with van der Waals surface area (Å²) in [6, 6.07) is 4.25. The van der Waals surface area contributed by atoms with E-state index in [0.29, 0.717) is 36.5 Å². The van der Waals surface area contributed by atoms with Gasteiger partial charge in [0.05, 0.1) is 11.4 Å². The number of carbonyl (C=O) groups is 2. The topological polar surface area (TPSA) is 105 Å². The average Bonchev–Trinajstić information content (AvgIpc) is 2.96. The molecule has 2 aliphatic rings. The van der Waals surface area contributed by atoms with Gasteiger partial charge in [-0.25, -0.2) is 8.42 Å². The highest BCUT2D eigenvalue weighted by molar-refractivity contribution is 7.89. The Labute approximate surface area is 159 Å². The van der Waals surface area contributed by atoms with Gasteiger partial charge in [0.2, 0.25) is 15.9 Å². The molecule has 0 radical (unpaired) electrons. The Kier molecular flexibility index (Phi) is 5.71. The van der Waals surface area contributed by atoms with Crippen molar-refractivity contribution < 1.29 is 22.7 Å². The van der Waals surface area contributed by atoms with E-state index in [1.807, 2.05) is 6.92 Å². The number of rotatable bonds is 6. The third-order valence-electron chi connectivity index (χ3n) is 4.80. The molecule has 2 aliphatic heterocycles. The number of carbonyl (C=O) groups excluding carboxylic acids is 2. The Morgan fingerprint density at radius 3 is 2.89 bits per heavy atom. The van der Waals surface area contributed by atoms with E-state index in [0.717, 1.165) is 12.8 Å². The fourth-order valence-corrected chi connectivity index (χ4v) is 5.05. The van der Waals surface area contributed by atoms with E-state index in [2.05, 4.69) is 10.6 Å². The Bertz CT molecular complexity index is 839. The lowest BCUT2D eigenvalue weighted by Gasteiger charge is -2.26. The van der Waals surface area contributed by atoms with Crippen LogP contribution in [0.15, 0.2) is 18.2 Å². The van der Waals surface area contributed by atoms with Gasteiger partial charge in [-0.15, -0.1) is 0 Å². The smallest absolute Gasteiger partial charge is 0.265 e. The lowest BCUT2D eigenvalue weighted by molar-refractivity contribution is -0.122. The molecule has 1 saturated heterocycles. The summed E-state index contributed by atoms with van der Waals surface area (Å²) < 4.78 is 31.4. The SMILES string of the molecule is CCCC[C@H](C(=O)Nc1ccc2c(c1)NC(=O)[C@H](C)O2)N1CCCS1(=O)=O. The Balaban J connectivity index is 1.77. The predicted octanol–water partition coefficient (Wildman–Crippen LogP) is 1.94. The number of nitrogens with one attached hydrogen (secondary N) is 2. The first-order valence-corrected chi connectivity index (χ1v) is 10.8. The zero-order valence-corrected chi connectivity index (χ0v) is 16.3. The first-order valence-electron chi connectivity index (χ1n) is 9.24. The van der Waals surface area contributed by atoms with Gasteiger partial charge in [0.15, 0.2) is 6.10 Å². The van der Waals surface area contributed by atoms with Crippen LogP contribution in [0.5, 0.6) is 5.75 Å². The summed E-state index contributed by atoms with van der Waals surface area (Å²) in [4.78, 5) is 24.6. The van der Waals surface area contributed by atoms with Crippen molar-refractivity contribution >= 4 is 33.2 Å². The summed E-state index contributed by atoms with van der Waals surface area (Å²) in [6.07, 6.45) is 2.08. The van der Waals surface area contributed by atoms with Crippen LogP contribution in [0, 0.1) is 0 Å². The van der Waals surface area contributed by atoms with Gasteiger partial charge in [0, 0.05) is 12.2 Å². The van der Waals surface area contributed by atoms with Crippen LogP contribution in [0.3, 0.4) is 0 Å². The van der Waals surface area contributed by atoms with Crippen molar-refractivity contribution in [1.82, 2.24) is 4.31 Å². The highest BCUT2D eigenvalue weighted by Gasteiger charge is 2.38. The van der Waals surface area contributed by atoms with Crippen LogP contribution in [-0.4, -0.2) is 49.0 Å². The first-order chi connectivity index (χ1) is 12.8. The number of hydrogen-bond acceptors (Lipinski definition) is 5. The van der Waals surface area contributed by atoms with Crippen LogP contribution >= 0.6 is 0 Å². The Hall–Kier alpha value is -2.13. The van der Waals surface area contributed by atoms with E-state index in [4.69, 9.17) is 4.74 Å². The molecule has 8 nitrogen and oxygen atoms in total. The molecular weight excluding hydrogens is 370 g/mol. The van der Waals surface area contributed by atoms with Crippen LogP contribution in [-0.2, 0) is 19.6 Å². The zero-order valence-electron chi connectivity index (χ0n) is 15.5. The second-order valence-corrected chi connectivity index (χ2v) is 8.93. The summed E-state index contributed by atoms with van der Waals surface area (Å²) in [6.45, 7) is 4.03. The molecule has 2 amide bonds. The summed E-state index contributed by atoms with van der Waals surface area (Å²) in [5.41, 5.74) is 0.963. The van der Waals surface area contributed by atoms with Crippen molar-refractivity contribution in [3.63, 3.8) is 0 Å². The third-order valence-corrected chi connectivity index (χ3v) is 6.75. The molecule has 2 heterocycles. The van der Waals surface area contributed by atoms with Crippen LogP contribution in [0.1, 0.15) is 39.5 Å². The first kappa shape index (κ1) is 19.6. The molecule has 1 fully saturated rings. The lowest BCUT2D eigenvalue weighted by atomic mass is 10.1. The van der Waals surface area contributed by atoms with Gasteiger partial charge < -0.3 is 15.4 Å². The Morgan fingerprint density at radius 1 is 1.44 bits per heavy atom. The fourth-order valence-electron chi connectivity index (χ4n) is 3.32. The van der Waals surface area contributed by atoms with Gasteiger partial charge in [-0.1, -0.05) is 19.8 Å². The molecule has 0 saturated carbocycles.